The molecule has 1 saturated carbocycles. The molecule has 0 heterocycles. The third kappa shape index (κ3) is 9.14. The van der Waals surface area contributed by atoms with Gasteiger partial charge in [-0.1, -0.05) is 30.9 Å². The van der Waals surface area contributed by atoms with Gasteiger partial charge in [-0.25, -0.2) is 0 Å². The third-order valence-electron chi connectivity index (χ3n) is 3.55. The summed E-state index contributed by atoms with van der Waals surface area (Å²) in [5.74, 6) is 0. The monoisotopic (exact) mass is 395 g/mol. The molecule has 0 unspecified atom stereocenters. The van der Waals surface area contributed by atoms with Crippen LogP contribution in [-0.2, 0) is 0 Å². The first-order valence-electron chi connectivity index (χ1n) is 7.11. The summed E-state index contributed by atoms with van der Waals surface area (Å²) < 4.78 is 59.2. The van der Waals surface area contributed by atoms with Crippen LogP contribution >= 0.6 is 19.4 Å². The Morgan fingerprint density at radius 2 is 1.58 bits per heavy atom. The Kier molecular flexibility index (Phi) is 5.69. The molecule has 138 valence electrons. The van der Waals surface area contributed by atoms with E-state index in [0.29, 0.717) is 16.8 Å². The second-order valence-corrected chi connectivity index (χ2v) is 7.92. The van der Waals surface area contributed by atoms with Gasteiger partial charge in [-0.05, 0) is 18.9 Å². The van der Waals surface area contributed by atoms with Crippen molar-refractivity contribution in [3.8, 4) is 0 Å². The normalized spacial score (nSPS) is 18.5. The maximum atomic E-state index is 9.87. The second-order valence-electron chi connectivity index (χ2n) is 5.60. The van der Waals surface area contributed by atoms with Crippen LogP contribution in [0.3, 0.4) is 0 Å². The van der Waals surface area contributed by atoms with Crippen LogP contribution in [0.25, 0.3) is 4.98 Å². The fraction of sp³-hybridized carbons (Fsp3) is 0.538. The van der Waals surface area contributed by atoms with E-state index < -0.39 is 7.81 Å². The van der Waals surface area contributed by atoms with Crippen molar-refractivity contribution in [3.05, 3.63) is 28.2 Å². The van der Waals surface area contributed by atoms with Gasteiger partial charge in [0.25, 0.3) is 0 Å². The molecule has 0 atom stereocenters. The minimum absolute atomic E-state index is 0.496. The summed E-state index contributed by atoms with van der Waals surface area (Å²) in [5.41, 5.74) is 1.52. The Labute approximate surface area is 140 Å². The van der Waals surface area contributed by atoms with E-state index in [9.17, 15) is 25.2 Å². The molecule has 0 N–H and O–H groups in total. The Balaban J connectivity index is 0.000000351. The van der Waals surface area contributed by atoms with E-state index in [1.807, 2.05) is 6.07 Å². The van der Waals surface area contributed by atoms with Crippen molar-refractivity contribution in [2.24, 2.45) is 0 Å². The van der Waals surface area contributed by atoms with Gasteiger partial charge < -0.3 is 4.90 Å². The van der Waals surface area contributed by atoms with Crippen LogP contribution in [0, 0.1) is 5.39 Å². The molecule has 1 aromatic carbocycles. The van der Waals surface area contributed by atoms with Gasteiger partial charge in [-0.3, -0.25) is 0 Å². The van der Waals surface area contributed by atoms with Gasteiger partial charge >= 0.3 is 38.7 Å². The number of halogens is 7. The molecule has 0 saturated heterocycles. The van der Waals surface area contributed by atoms with Crippen molar-refractivity contribution < 1.29 is 25.2 Å². The summed E-state index contributed by atoms with van der Waals surface area (Å²) in [6, 6.07) is 5.97. The van der Waals surface area contributed by atoms with E-state index >= 15 is 0 Å². The van der Waals surface area contributed by atoms with Crippen molar-refractivity contribution in [2.45, 2.75) is 38.1 Å². The van der Waals surface area contributed by atoms with Crippen LogP contribution in [-0.4, -0.2) is 13.1 Å². The first-order chi connectivity index (χ1) is 10.7. The van der Waals surface area contributed by atoms with Crippen LogP contribution in [0.1, 0.15) is 32.1 Å². The van der Waals surface area contributed by atoms with E-state index in [1.165, 1.54) is 32.1 Å². The first kappa shape index (κ1) is 20.8. The molecule has 0 radical (unpaired) electrons. The van der Waals surface area contributed by atoms with Gasteiger partial charge in [0.1, 0.15) is 0 Å². The molecule has 0 bridgehead atoms. The topological polar surface area (TPSA) is 31.4 Å². The number of anilines is 1. The Morgan fingerprint density at radius 3 is 2.00 bits per heavy atom. The fourth-order valence-corrected chi connectivity index (χ4v) is 2.82. The summed E-state index contributed by atoms with van der Waals surface area (Å²) in [6.45, 7) is 0. The Morgan fingerprint density at radius 1 is 1.08 bits per heavy atom. The molecule has 0 spiro atoms. The average Bonchev–Trinajstić information content (AvgIpc) is 2.44. The number of hydrogen-bond donors (Lipinski definition) is 0. The number of hydrogen-bond acceptors (Lipinski definition) is 2. The van der Waals surface area contributed by atoms with Crippen molar-refractivity contribution in [1.29, 1.82) is 5.39 Å². The molecule has 3 nitrogen and oxygen atoms in total. The summed E-state index contributed by atoms with van der Waals surface area (Å²) in [7, 11) is -8.57. The quantitative estimate of drug-likeness (QED) is 0.289. The third-order valence-corrected chi connectivity index (χ3v) is 3.85. The standard InChI is InChI=1S/C13H17ClN3.F6P/c1-17(11-5-3-2-4-6-11)13-8-7-10(16-15)9-12(13)14;1-7(2,3,4,5)6/h7-9,11H,2-6H2,1H3;/q+1;-1. The SMILES string of the molecule is CN(c1ccc([N+]#N)cc1Cl)C1CCCCC1.F[P-](F)(F)(F)(F)F. The molecule has 1 fully saturated rings. The molecule has 1 aromatic rings. The molecule has 24 heavy (non-hydrogen) atoms. The maximum absolute atomic E-state index is 10.7. The predicted molar refractivity (Wildman–Crippen MR) is 85.0 cm³/mol. The van der Waals surface area contributed by atoms with Gasteiger partial charge in [0.2, 0.25) is 5.39 Å². The Bertz CT molecular complexity index is 611. The van der Waals surface area contributed by atoms with Gasteiger partial charge in [-0.2, -0.15) is 0 Å². The van der Waals surface area contributed by atoms with E-state index in [4.69, 9.17) is 17.0 Å². The number of nitrogens with zero attached hydrogens (tertiary/aromatic N) is 3. The molecular formula is C13H17ClF6N3P. The molecular weight excluding hydrogens is 379 g/mol. The van der Waals surface area contributed by atoms with Crippen LogP contribution in [0.4, 0.5) is 36.6 Å². The fourth-order valence-electron chi connectivity index (χ4n) is 2.51. The van der Waals surface area contributed by atoms with Gasteiger partial charge in [0.15, 0.2) is 4.98 Å². The zero-order chi connectivity index (χ0) is 18.7. The van der Waals surface area contributed by atoms with E-state index in [1.54, 1.807) is 12.1 Å². The molecule has 1 aliphatic carbocycles. The summed E-state index contributed by atoms with van der Waals surface area (Å²) in [4.78, 5) is 5.39. The molecule has 0 aromatic heterocycles. The number of diazo groups is 1. The second kappa shape index (κ2) is 6.57. The van der Waals surface area contributed by atoms with Crippen molar-refractivity contribution >= 4 is 30.8 Å². The van der Waals surface area contributed by atoms with Crippen LogP contribution in [0.2, 0.25) is 5.02 Å². The van der Waals surface area contributed by atoms with Crippen LogP contribution in [0.5, 0.6) is 0 Å². The Hall–Kier alpha value is -1.26. The molecule has 1 aliphatic rings. The summed E-state index contributed by atoms with van der Waals surface area (Å²) >= 11 is 6.21. The molecule has 0 aliphatic heterocycles. The van der Waals surface area contributed by atoms with E-state index in [2.05, 4.69) is 16.9 Å². The van der Waals surface area contributed by atoms with Gasteiger partial charge in [0.05, 0.1) is 16.8 Å². The average molecular weight is 396 g/mol. The minimum atomic E-state index is -10.7. The summed E-state index contributed by atoms with van der Waals surface area (Å²) in [5, 5.41) is 9.34. The first-order valence-corrected chi connectivity index (χ1v) is 9.52. The van der Waals surface area contributed by atoms with Crippen molar-refractivity contribution in [3.63, 3.8) is 0 Å². The van der Waals surface area contributed by atoms with Gasteiger partial charge in [0, 0.05) is 19.2 Å². The zero-order valence-electron chi connectivity index (χ0n) is 12.8. The molecule has 0 amide bonds. The van der Waals surface area contributed by atoms with Crippen molar-refractivity contribution in [2.75, 3.05) is 11.9 Å². The number of benzene rings is 1. The van der Waals surface area contributed by atoms with E-state index in [-0.39, 0.29) is 0 Å². The van der Waals surface area contributed by atoms with Crippen LogP contribution in [0.15, 0.2) is 18.2 Å². The van der Waals surface area contributed by atoms with Crippen molar-refractivity contribution in [1.82, 2.24) is 0 Å². The van der Waals surface area contributed by atoms with Crippen LogP contribution < -0.4 is 4.90 Å². The summed E-state index contributed by atoms with van der Waals surface area (Å²) in [6.07, 6.45) is 6.42. The molecule has 2 rings (SSSR count). The van der Waals surface area contributed by atoms with E-state index in [0.717, 1.165) is 5.69 Å². The van der Waals surface area contributed by atoms with Gasteiger partial charge in [-0.15, -0.1) is 0 Å². The number of rotatable bonds is 2. The predicted octanol–water partition coefficient (Wildman–Crippen LogP) is 7.98. The zero-order valence-corrected chi connectivity index (χ0v) is 14.4. The molecule has 11 heteroatoms.